The Morgan fingerprint density at radius 1 is 0.923 bits per heavy atom. The lowest BCUT2D eigenvalue weighted by Crippen LogP contribution is -2.15. The Morgan fingerprint density at radius 2 is 1.62 bits per heavy atom. The lowest BCUT2D eigenvalue weighted by atomic mass is 9.97. The zero-order valence-electron chi connectivity index (χ0n) is 22.0. The summed E-state index contributed by atoms with van der Waals surface area (Å²) in [6.07, 6.45) is 5.10. The van der Waals surface area contributed by atoms with Crippen LogP contribution in [0.15, 0.2) is 79.0 Å². The van der Waals surface area contributed by atoms with Crippen molar-refractivity contribution in [2.75, 3.05) is 19.0 Å². The van der Waals surface area contributed by atoms with E-state index in [1.54, 1.807) is 7.11 Å². The van der Waals surface area contributed by atoms with Crippen molar-refractivity contribution in [1.29, 1.82) is 0 Å². The standard InChI is InChI=1S/C32H30ClN3O3/c1-3-39-26-15-9-21(10-16-26)28-20-36-30(31(37)34-24-13-17-25(38-2)18-14-24)29(22-7-11-23(33)12-8-22)27-6-4-5-19-35(28)32(27)36/h7-18,20H,3-6,19H2,1-2H3,(H,34,37). The van der Waals surface area contributed by atoms with Crippen molar-refractivity contribution in [2.45, 2.75) is 32.7 Å². The molecule has 39 heavy (non-hydrogen) atoms. The van der Waals surface area contributed by atoms with Crippen molar-refractivity contribution in [1.82, 2.24) is 8.97 Å². The summed E-state index contributed by atoms with van der Waals surface area (Å²) >= 11 is 6.24. The van der Waals surface area contributed by atoms with Crippen LogP contribution >= 0.6 is 11.6 Å². The van der Waals surface area contributed by atoms with Crippen molar-refractivity contribution in [3.05, 3.63) is 95.3 Å². The second-order valence-corrected chi connectivity index (χ2v) is 10.1. The summed E-state index contributed by atoms with van der Waals surface area (Å²) in [4.78, 5) is 14.0. The Hall–Kier alpha value is -4.16. The molecule has 0 aliphatic carbocycles. The van der Waals surface area contributed by atoms with E-state index >= 15 is 0 Å². The number of carbonyl (C=O) groups excluding carboxylic acids is 1. The highest BCUT2D eigenvalue weighted by Crippen LogP contribution is 2.40. The largest absolute Gasteiger partial charge is 0.497 e. The van der Waals surface area contributed by atoms with Crippen LogP contribution in [0.3, 0.4) is 0 Å². The second kappa shape index (κ2) is 10.5. The van der Waals surface area contributed by atoms with Crippen molar-refractivity contribution in [2.24, 2.45) is 0 Å². The van der Waals surface area contributed by atoms with E-state index < -0.39 is 0 Å². The highest BCUT2D eigenvalue weighted by atomic mass is 35.5. The maximum Gasteiger partial charge on any atom is 0.273 e. The quantitative estimate of drug-likeness (QED) is 0.230. The summed E-state index contributed by atoms with van der Waals surface area (Å²) in [7, 11) is 1.63. The molecule has 0 spiro atoms. The van der Waals surface area contributed by atoms with Crippen molar-refractivity contribution >= 4 is 28.8 Å². The van der Waals surface area contributed by atoms with Crippen LogP contribution in [-0.4, -0.2) is 28.6 Å². The fraction of sp³-hybridized carbons (Fsp3) is 0.219. The molecule has 0 saturated carbocycles. The third-order valence-corrected chi connectivity index (χ3v) is 7.54. The number of nitrogens with one attached hydrogen (secondary N) is 1. The number of carbonyl (C=O) groups is 1. The topological polar surface area (TPSA) is 56.9 Å². The van der Waals surface area contributed by atoms with Gasteiger partial charge in [-0.2, -0.15) is 0 Å². The zero-order chi connectivity index (χ0) is 26.9. The van der Waals surface area contributed by atoms with E-state index in [9.17, 15) is 4.79 Å². The van der Waals surface area contributed by atoms with Crippen LogP contribution in [0, 0.1) is 0 Å². The minimum atomic E-state index is -0.165. The van der Waals surface area contributed by atoms with E-state index in [2.05, 4.69) is 32.6 Å². The van der Waals surface area contributed by atoms with Gasteiger partial charge in [-0.3, -0.25) is 9.20 Å². The number of anilines is 1. The summed E-state index contributed by atoms with van der Waals surface area (Å²) in [5.41, 5.74) is 7.69. The number of aromatic nitrogens is 2. The van der Waals surface area contributed by atoms with Crippen LogP contribution < -0.4 is 14.8 Å². The fourth-order valence-electron chi connectivity index (χ4n) is 5.52. The van der Waals surface area contributed by atoms with Crippen LogP contribution in [-0.2, 0) is 13.0 Å². The molecular weight excluding hydrogens is 510 g/mol. The molecule has 3 aromatic carbocycles. The average molecular weight is 540 g/mol. The van der Waals surface area contributed by atoms with Crippen molar-refractivity contribution < 1.29 is 14.3 Å². The normalized spacial score (nSPS) is 12.8. The van der Waals surface area contributed by atoms with Gasteiger partial charge in [-0.15, -0.1) is 0 Å². The summed E-state index contributed by atoms with van der Waals surface area (Å²) in [6, 6.07) is 23.3. The number of halogens is 1. The summed E-state index contributed by atoms with van der Waals surface area (Å²) in [5, 5.41) is 3.79. The molecule has 1 aliphatic heterocycles. The third-order valence-electron chi connectivity index (χ3n) is 7.29. The molecule has 198 valence electrons. The predicted molar refractivity (Wildman–Crippen MR) is 156 cm³/mol. The molecule has 1 amide bonds. The maximum absolute atomic E-state index is 14.0. The number of methoxy groups -OCH3 is 1. The molecular formula is C32H30ClN3O3. The molecule has 6 rings (SSSR count). The maximum atomic E-state index is 14.0. The van der Waals surface area contributed by atoms with Crippen molar-refractivity contribution in [3.8, 4) is 33.9 Å². The number of nitrogens with zero attached hydrogens (tertiary/aromatic N) is 2. The van der Waals surface area contributed by atoms with E-state index in [0.29, 0.717) is 23.0 Å². The monoisotopic (exact) mass is 539 g/mol. The lowest BCUT2D eigenvalue weighted by molar-refractivity contribution is 0.102. The van der Waals surface area contributed by atoms with E-state index in [4.69, 9.17) is 21.1 Å². The predicted octanol–water partition coefficient (Wildman–Crippen LogP) is 7.72. The van der Waals surface area contributed by atoms with Gasteiger partial charge >= 0.3 is 0 Å². The van der Waals surface area contributed by atoms with E-state index in [1.165, 1.54) is 5.56 Å². The minimum absolute atomic E-state index is 0.165. The van der Waals surface area contributed by atoms with E-state index in [-0.39, 0.29) is 5.91 Å². The molecule has 1 N–H and O–H groups in total. The molecule has 0 fully saturated rings. The van der Waals surface area contributed by atoms with Crippen LogP contribution in [0.4, 0.5) is 5.69 Å². The first-order valence-electron chi connectivity index (χ1n) is 13.3. The van der Waals surface area contributed by atoms with Crippen LogP contribution in [0.2, 0.25) is 5.02 Å². The molecule has 2 aromatic heterocycles. The van der Waals surface area contributed by atoms with Gasteiger partial charge < -0.3 is 19.4 Å². The highest BCUT2D eigenvalue weighted by molar-refractivity contribution is 6.30. The Morgan fingerprint density at radius 3 is 2.31 bits per heavy atom. The summed E-state index contributed by atoms with van der Waals surface area (Å²) < 4.78 is 15.4. The van der Waals surface area contributed by atoms with Gasteiger partial charge in [0.15, 0.2) is 0 Å². The minimum Gasteiger partial charge on any atom is -0.497 e. The molecule has 1 aliphatic rings. The van der Waals surface area contributed by atoms with Gasteiger partial charge in [0.1, 0.15) is 22.8 Å². The Kier molecular flexibility index (Phi) is 6.79. The van der Waals surface area contributed by atoms with Crippen LogP contribution in [0.1, 0.15) is 35.8 Å². The molecule has 0 atom stereocenters. The number of imidazole rings is 1. The fourth-order valence-corrected chi connectivity index (χ4v) is 5.65. The molecule has 6 nitrogen and oxygen atoms in total. The molecule has 5 aromatic rings. The summed E-state index contributed by atoms with van der Waals surface area (Å²) in [5.74, 6) is 1.42. The first-order valence-corrected chi connectivity index (χ1v) is 13.7. The molecule has 0 radical (unpaired) electrons. The molecule has 0 unspecified atom stereocenters. The molecule has 7 heteroatoms. The molecule has 0 saturated heterocycles. The van der Waals surface area contributed by atoms with Gasteiger partial charge in [0.25, 0.3) is 5.91 Å². The zero-order valence-corrected chi connectivity index (χ0v) is 22.8. The number of aryl methyl sites for hydroxylation is 2. The second-order valence-electron chi connectivity index (χ2n) is 9.67. The summed E-state index contributed by atoms with van der Waals surface area (Å²) in [6.45, 7) is 3.50. The Labute approximate surface area is 232 Å². The molecule has 0 bridgehead atoms. The number of benzene rings is 3. The van der Waals surface area contributed by atoms with Gasteiger partial charge in [-0.05, 0) is 98.0 Å². The van der Waals surface area contributed by atoms with Gasteiger partial charge in [-0.1, -0.05) is 23.7 Å². The number of hydrogen-bond acceptors (Lipinski definition) is 3. The van der Waals surface area contributed by atoms with Crippen LogP contribution in [0.25, 0.3) is 28.0 Å². The third kappa shape index (κ3) is 4.66. The Bertz CT molecular complexity index is 1630. The van der Waals surface area contributed by atoms with Gasteiger partial charge in [0.2, 0.25) is 0 Å². The van der Waals surface area contributed by atoms with E-state index in [1.807, 2.05) is 67.6 Å². The highest BCUT2D eigenvalue weighted by Gasteiger charge is 2.29. The lowest BCUT2D eigenvalue weighted by Gasteiger charge is -2.11. The molecule has 3 heterocycles. The van der Waals surface area contributed by atoms with E-state index in [0.717, 1.165) is 65.3 Å². The SMILES string of the molecule is CCOc1ccc(-c2cn3c(C(=O)Nc4ccc(OC)cc4)c(-c4ccc(Cl)cc4)c4c3n2CCCC4)cc1. The van der Waals surface area contributed by atoms with Gasteiger partial charge in [0, 0.05) is 34.6 Å². The number of rotatable bonds is 7. The number of hydrogen-bond donors (Lipinski definition) is 1. The average Bonchev–Trinajstić information content (AvgIpc) is 3.37. The first-order chi connectivity index (χ1) is 19.1. The number of amides is 1. The Balaban J connectivity index is 1.54. The number of ether oxygens (including phenoxy) is 2. The van der Waals surface area contributed by atoms with Crippen LogP contribution in [0.5, 0.6) is 11.5 Å². The van der Waals surface area contributed by atoms with Gasteiger partial charge in [-0.25, -0.2) is 0 Å². The smallest absolute Gasteiger partial charge is 0.273 e. The van der Waals surface area contributed by atoms with Gasteiger partial charge in [0.05, 0.1) is 19.4 Å². The first kappa shape index (κ1) is 25.1. The van der Waals surface area contributed by atoms with Crippen molar-refractivity contribution in [3.63, 3.8) is 0 Å².